The molecule has 2 aromatic rings. The van der Waals surface area contributed by atoms with Crippen LogP contribution in [0.15, 0.2) is 24.3 Å². The molecule has 1 N–H and O–H groups in total. The average Bonchev–Trinajstić information content (AvgIpc) is 2.74. The number of nitrogens with one attached hydrogen (secondary N) is 1. The summed E-state index contributed by atoms with van der Waals surface area (Å²) in [5.41, 5.74) is 1.38. The van der Waals surface area contributed by atoms with Gasteiger partial charge in [0.1, 0.15) is 4.88 Å². The van der Waals surface area contributed by atoms with Crippen molar-refractivity contribution in [1.29, 1.82) is 0 Å². The van der Waals surface area contributed by atoms with Gasteiger partial charge < -0.3 is 5.32 Å². The highest BCUT2D eigenvalue weighted by Crippen LogP contribution is 2.27. The Kier molecular flexibility index (Phi) is 4.22. The molecule has 0 atom stereocenters. The fourth-order valence-corrected chi connectivity index (χ4v) is 2.76. The highest BCUT2D eigenvalue weighted by atomic mass is 35.5. The van der Waals surface area contributed by atoms with Crippen LogP contribution < -0.4 is 5.32 Å². The molecule has 100 valence electrons. The Bertz CT molecular complexity index is 607. The summed E-state index contributed by atoms with van der Waals surface area (Å²) in [6.07, 6.45) is 0. The Labute approximate surface area is 121 Å². The second-order valence-electron chi connectivity index (χ2n) is 4.56. The van der Waals surface area contributed by atoms with Crippen molar-refractivity contribution in [2.24, 2.45) is 0 Å². The van der Waals surface area contributed by atoms with Gasteiger partial charge in [-0.05, 0) is 19.1 Å². The third-order valence-electron chi connectivity index (χ3n) is 2.64. The molecule has 0 spiro atoms. The van der Waals surface area contributed by atoms with Gasteiger partial charge in [-0.1, -0.05) is 37.6 Å². The lowest BCUT2D eigenvalue weighted by Gasteiger charge is -2.05. The molecular formula is C14H15ClN2OS. The fraction of sp³-hybridized carbons (Fsp3) is 0.286. The molecule has 1 heterocycles. The number of halogens is 1. The Balaban J connectivity index is 2.23. The number of carbonyl (C=O) groups excluding carboxylic acids is 1. The third kappa shape index (κ3) is 3.14. The SMILES string of the molecule is Cc1nc(C(C)C)sc1C(=O)Nc1ccccc1Cl. The predicted octanol–water partition coefficient (Wildman–Crippen LogP) is 4.48. The van der Waals surface area contributed by atoms with E-state index in [1.165, 1.54) is 11.3 Å². The predicted molar refractivity (Wildman–Crippen MR) is 80.3 cm³/mol. The molecule has 5 heteroatoms. The minimum absolute atomic E-state index is 0.157. The average molecular weight is 295 g/mol. The molecule has 0 aliphatic rings. The Morgan fingerprint density at radius 3 is 2.63 bits per heavy atom. The topological polar surface area (TPSA) is 42.0 Å². The first-order valence-electron chi connectivity index (χ1n) is 6.02. The number of benzene rings is 1. The molecule has 0 saturated heterocycles. The molecule has 0 unspecified atom stereocenters. The van der Waals surface area contributed by atoms with E-state index in [0.29, 0.717) is 21.5 Å². The lowest BCUT2D eigenvalue weighted by Crippen LogP contribution is -2.11. The monoisotopic (exact) mass is 294 g/mol. The number of aryl methyl sites for hydroxylation is 1. The van der Waals surface area contributed by atoms with Crippen LogP contribution in [0.4, 0.5) is 5.69 Å². The maximum atomic E-state index is 12.2. The van der Waals surface area contributed by atoms with Crippen LogP contribution >= 0.6 is 22.9 Å². The molecule has 19 heavy (non-hydrogen) atoms. The van der Waals surface area contributed by atoms with Gasteiger partial charge in [-0.15, -0.1) is 11.3 Å². The van der Waals surface area contributed by atoms with Gasteiger partial charge in [0.15, 0.2) is 0 Å². The summed E-state index contributed by atoms with van der Waals surface area (Å²) in [6.45, 7) is 5.98. The Morgan fingerprint density at radius 1 is 1.37 bits per heavy atom. The number of thiazole rings is 1. The second-order valence-corrected chi connectivity index (χ2v) is 5.99. The van der Waals surface area contributed by atoms with Crippen LogP contribution in [0.25, 0.3) is 0 Å². The van der Waals surface area contributed by atoms with Crippen LogP contribution in [0.1, 0.15) is 40.1 Å². The molecule has 2 rings (SSSR count). The van der Waals surface area contributed by atoms with Gasteiger partial charge in [0, 0.05) is 5.92 Å². The number of hydrogen-bond donors (Lipinski definition) is 1. The number of anilines is 1. The summed E-state index contributed by atoms with van der Waals surface area (Å²) in [6, 6.07) is 7.18. The van der Waals surface area contributed by atoms with E-state index in [0.717, 1.165) is 10.7 Å². The molecule has 3 nitrogen and oxygen atoms in total. The maximum absolute atomic E-state index is 12.2. The number of rotatable bonds is 3. The van der Waals surface area contributed by atoms with Gasteiger partial charge >= 0.3 is 0 Å². The van der Waals surface area contributed by atoms with Crippen molar-refractivity contribution in [3.8, 4) is 0 Å². The highest BCUT2D eigenvalue weighted by molar-refractivity contribution is 7.14. The van der Waals surface area contributed by atoms with Crippen molar-refractivity contribution in [1.82, 2.24) is 4.98 Å². The van der Waals surface area contributed by atoms with E-state index < -0.39 is 0 Å². The number of hydrogen-bond acceptors (Lipinski definition) is 3. The second kappa shape index (κ2) is 5.72. The summed E-state index contributed by atoms with van der Waals surface area (Å²) in [5, 5.41) is 4.32. The van der Waals surface area contributed by atoms with Crippen LogP contribution in [-0.4, -0.2) is 10.9 Å². The summed E-state index contributed by atoms with van der Waals surface area (Å²) in [5.74, 6) is 0.167. The van der Waals surface area contributed by atoms with Gasteiger partial charge in [0.2, 0.25) is 0 Å². The molecule has 1 aromatic carbocycles. The van der Waals surface area contributed by atoms with Crippen molar-refractivity contribution in [2.45, 2.75) is 26.7 Å². The van der Waals surface area contributed by atoms with Crippen molar-refractivity contribution in [3.05, 3.63) is 44.9 Å². The zero-order chi connectivity index (χ0) is 14.0. The first-order valence-corrected chi connectivity index (χ1v) is 7.21. The fourth-order valence-electron chi connectivity index (χ4n) is 1.62. The van der Waals surface area contributed by atoms with Gasteiger partial charge in [0.05, 0.1) is 21.4 Å². The molecule has 0 saturated carbocycles. The van der Waals surface area contributed by atoms with Gasteiger partial charge in [-0.25, -0.2) is 4.98 Å². The molecule has 0 aliphatic carbocycles. The molecule has 0 radical (unpaired) electrons. The zero-order valence-electron chi connectivity index (χ0n) is 11.0. The van der Waals surface area contributed by atoms with E-state index >= 15 is 0 Å². The normalized spacial score (nSPS) is 10.8. The van der Waals surface area contributed by atoms with Crippen LogP contribution in [0.2, 0.25) is 5.02 Å². The van der Waals surface area contributed by atoms with Crippen molar-refractivity contribution < 1.29 is 4.79 Å². The highest BCUT2D eigenvalue weighted by Gasteiger charge is 2.17. The number of para-hydroxylation sites is 1. The summed E-state index contributed by atoms with van der Waals surface area (Å²) in [7, 11) is 0. The van der Waals surface area contributed by atoms with Crippen LogP contribution in [0.3, 0.4) is 0 Å². The van der Waals surface area contributed by atoms with Crippen LogP contribution in [-0.2, 0) is 0 Å². The van der Waals surface area contributed by atoms with E-state index in [-0.39, 0.29) is 5.91 Å². The van der Waals surface area contributed by atoms with Gasteiger partial charge in [-0.3, -0.25) is 4.79 Å². The van der Waals surface area contributed by atoms with Crippen LogP contribution in [0, 0.1) is 6.92 Å². The Hall–Kier alpha value is -1.39. The standard InChI is InChI=1S/C14H15ClN2OS/c1-8(2)14-16-9(3)12(19-14)13(18)17-11-7-5-4-6-10(11)15/h4-8H,1-3H3,(H,17,18). The number of nitrogens with zero attached hydrogens (tertiary/aromatic N) is 1. The van der Waals surface area contributed by atoms with Crippen molar-refractivity contribution in [3.63, 3.8) is 0 Å². The van der Waals surface area contributed by atoms with Gasteiger partial charge in [0.25, 0.3) is 5.91 Å². The summed E-state index contributed by atoms with van der Waals surface area (Å²) < 4.78 is 0. The van der Waals surface area contributed by atoms with Crippen LogP contribution in [0.5, 0.6) is 0 Å². The third-order valence-corrected chi connectivity index (χ3v) is 4.42. The minimum atomic E-state index is -0.157. The minimum Gasteiger partial charge on any atom is -0.320 e. The molecule has 1 aromatic heterocycles. The smallest absolute Gasteiger partial charge is 0.267 e. The lowest BCUT2D eigenvalue weighted by molar-refractivity contribution is 0.103. The quantitative estimate of drug-likeness (QED) is 0.907. The van der Waals surface area contributed by atoms with E-state index in [4.69, 9.17) is 11.6 Å². The lowest BCUT2D eigenvalue weighted by atomic mass is 10.2. The van der Waals surface area contributed by atoms with Crippen molar-refractivity contribution in [2.75, 3.05) is 5.32 Å². The summed E-state index contributed by atoms with van der Waals surface area (Å²) >= 11 is 7.46. The van der Waals surface area contributed by atoms with E-state index in [9.17, 15) is 4.79 Å². The summed E-state index contributed by atoms with van der Waals surface area (Å²) in [4.78, 5) is 17.3. The molecule has 0 aliphatic heterocycles. The first kappa shape index (κ1) is 14.0. The zero-order valence-corrected chi connectivity index (χ0v) is 12.6. The van der Waals surface area contributed by atoms with Crippen molar-refractivity contribution >= 4 is 34.5 Å². The molecular weight excluding hydrogens is 280 g/mol. The largest absolute Gasteiger partial charge is 0.320 e. The number of amides is 1. The number of aromatic nitrogens is 1. The maximum Gasteiger partial charge on any atom is 0.267 e. The van der Waals surface area contributed by atoms with E-state index in [2.05, 4.69) is 24.1 Å². The molecule has 0 bridgehead atoms. The molecule has 0 fully saturated rings. The Morgan fingerprint density at radius 2 is 2.05 bits per heavy atom. The number of carbonyl (C=O) groups is 1. The van der Waals surface area contributed by atoms with E-state index in [1.807, 2.05) is 19.1 Å². The molecule has 1 amide bonds. The van der Waals surface area contributed by atoms with E-state index in [1.54, 1.807) is 12.1 Å². The van der Waals surface area contributed by atoms with Gasteiger partial charge in [-0.2, -0.15) is 0 Å². The first-order chi connectivity index (χ1) is 8.99.